The Morgan fingerprint density at radius 2 is 2.20 bits per heavy atom. The number of rotatable bonds is 8. The second-order valence-corrected chi connectivity index (χ2v) is 5.40. The predicted octanol–water partition coefficient (Wildman–Crippen LogP) is 2.87. The van der Waals surface area contributed by atoms with E-state index < -0.39 is 6.10 Å². The quantitative estimate of drug-likeness (QED) is 0.749. The molecule has 0 spiro atoms. The normalized spacial score (nSPS) is 13.6. The van der Waals surface area contributed by atoms with E-state index in [0.717, 1.165) is 0 Å². The Hall–Kier alpha value is -0.970. The van der Waals surface area contributed by atoms with Gasteiger partial charge in [0.05, 0.1) is 12.0 Å². The number of hydrogen-bond acceptors (Lipinski definition) is 3. The third-order valence-electron chi connectivity index (χ3n) is 2.58. The van der Waals surface area contributed by atoms with E-state index in [1.165, 1.54) is 0 Å². The molecule has 1 rings (SSSR count). The molecule has 0 aliphatic rings. The number of benzene rings is 1. The summed E-state index contributed by atoms with van der Waals surface area (Å²) in [6.07, 6.45) is 0.0510. The molecule has 2 unspecified atom stereocenters. The fraction of sp³-hybridized carbons (Fsp3) is 0.500. The lowest BCUT2D eigenvalue weighted by Crippen LogP contribution is -2.37. The highest BCUT2D eigenvalue weighted by Gasteiger charge is 2.14. The van der Waals surface area contributed by atoms with Crippen molar-refractivity contribution in [3.8, 4) is 5.75 Å². The van der Waals surface area contributed by atoms with E-state index in [2.05, 4.69) is 5.32 Å². The van der Waals surface area contributed by atoms with Gasteiger partial charge in [-0.3, -0.25) is 4.79 Å². The molecule has 0 aromatic heterocycles. The average Bonchev–Trinajstić information content (AvgIpc) is 2.38. The first kappa shape index (κ1) is 17.1. The van der Waals surface area contributed by atoms with Gasteiger partial charge in [0.2, 0.25) is 0 Å². The molecular weight excluding hydrogens is 301 g/mol. The number of amides is 1. The van der Waals surface area contributed by atoms with Crippen LogP contribution in [-0.2, 0) is 9.53 Å². The predicted molar refractivity (Wildman–Crippen MR) is 80.7 cm³/mol. The summed E-state index contributed by atoms with van der Waals surface area (Å²) in [6, 6.07) is 6.93. The summed E-state index contributed by atoms with van der Waals surface area (Å²) in [5, 5.41) is 3.23. The van der Waals surface area contributed by atoms with Crippen molar-refractivity contribution in [1.29, 1.82) is 0 Å². The first-order valence-corrected chi connectivity index (χ1v) is 7.17. The second-order valence-electron chi connectivity index (χ2n) is 4.35. The lowest BCUT2D eigenvalue weighted by molar-refractivity contribution is -0.127. The lowest BCUT2D eigenvalue weighted by Gasteiger charge is -2.15. The Morgan fingerprint density at radius 3 is 2.85 bits per heavy atom. The zero-order valence-corrected chi connectivity index (χ0v) is 13.1. The van der Waals surface area contributed by atoms with Crippen LogP contribution in [0, 0.1) is 0 Å². The van der Waals surface area contributed by atoms with E-state index in [-0.39, 0.29) is 11.3 Å². The molecule has 0 aliphatic heterocycles. The maximum Gasteiger partial charge on any atom is 0.260 e. The Morgan fingerprint density at radius 1 is 1.45 bits per heavy atom. The molecule has 1 N–H and O–H groups in total. The van der Waals surface area contributed by atoms with Crippen LogP contribution in [0.2, 0.25) is 5.02 Å². The summed E-state index contributed by atoms with van der Waals surface area (Å²) in [7, 11) is 1.59. The number of carbonyl (C=O) groups excluding carboxylic acids is 1. The minimum Gasteiger partial charge on any atom is -0.481 e. The number of nitrogens with one attached hydrogen (secondary N) is 1. The van der Waals surface area contributed by atoms with Crippen LogP contribution in [-0.4, -0.2) is 37.6 Å². The molecule has 0 bridgehead atoms. The molecule has 0 radical (unpaired) electrons. The first-order chi connectivity index (χ1) is 9.52. The molecule has 4 nitrogen and oxygen atoms in total. The minimum atomic E-state index is -0.593. The molecule has 2 atom stereocenters. The topological polar surface area (TPSA) is 47.6 Å². The largest absolute Gasteiger partial charge is 0.481 e. The molecule has 0 saturated carbocycles. The van der Waals surface area contributed by atoms with Crippen LogP contribution in [0.5, 0.6) is 5.75 Å². The van der Waals surface area contributed by atoms with Crippen molar-refractivity contribution in [2.75, 3.05) is 20.3 Å². The van der Waals surface area contributed by atoms with Gasteiger partial charge in [-0.15, -0.1) is 11.6 Å². The van der Waals surface area contributed by atoms with Crippen molar-refractivity contribution in [3.05, 3.63) is 29.3 Å². The first-order valence-electron chi connectivity index (χ1n) is 6.36. The maximum atomic E-state index is 11.8. The van der Waals surface area contributed by atoms with Crippen LogP contribution < -0.4 is 10.1 Å². The zero-order valence-electron chi connectivity index (χ0n) is 11.6. The third-order valence-corrected chi connectivity index (χ3v) is 3.16. The van der Waals surface area contributed by atoms with E-state index in [1.54, 1.807) is 38.3 Å². The van der Waals surface area contributed by atoms with Gasteiger partial charge in [0, 0.05) is 18.7 Å². The van der Waals surface area contributed by atoms with E-state index in [1.807, 2.05) is 0 Å². The van der Waals surface area contributed by atoms with Crippen LogP contribution in [0.15, 0.2) is 24.3 Å². The van der Waals surface area contributed by atoms with Crippen LogP contribution in [0.3, 0.4) is 0 Å². The van der Waals surface area contributed by atoms with Crippen LogP contribution in [0.4, 0.5) is 0 Å². The molecule has 20 heavy (non-hydrogen) atoms. The Balaban J connectivity index is 2.32. The highest BCUT2D eigenvalue weighted by atomic mass is 35.5. The summed E-state index contributed by atoms with van der Waals surface area (Å²) in [4.78, 5) is 11.8. The zero-order chi connectivity index (χ0) is 15.0. The smallest absolute Gasteiger partial charge is 0.260 e. The number of halogens is 2. The Bertz CT molecular complexity index is 429. The van der Waals surface area contributed by atoms with Crippen molar-refractivity contribution in [2.24, 2.45) is 0 Å². The van der Waals surface area contributed by atoms with Gasteiger partial charge in [0.25, 0.3) is 5.91 Å². The molecule has 0 heterocycles. The second kappa shape index (κ2) is 9.06. The van der Waals surface area contributed by atoms with Gasteiger partial charge in [-0.2, -0.15) is 0 Å². The molecular formula is C14H19Cl2NO3. The number of carbonyl (C=O) groups is 1. The van der Waals surface area contributed by atoms with Crippen LogP contribution >= 0.6 is 23.2 Å². The summed E-state index contributed by atoms with van der Waals surface area (Å²) < 4.78 is 10.4. The van der Waals surface area contributed by atoms with E-state index in [9.17, 15) is 4.79 Å². The summed E-state index contributed by atoms with van der Waals surface area (Å²) >= 11 is 11.8. The number of alkyl halides is 1. The number of hydrogen-bond donors (Lipinski definition) is 1. The molecule has 0 fully saturated rings. The summed E-state index contributed by atoms with van der Waals surface area (Å²) in [5.41, 5.74) is 0. The summed E-state index contributed by atoms with van der Waals surface area (Å²) in [6.45, 7) is 2.63. The average molecular weight is 320 g/mol. The van der Waals surface area contributed by atoms with Gasteiger partial charge in [0.1, 0.15) is 5.75 Å². The highest BCUT2D eigenvalue weighted by Crippen LogP contribution is 2.18. The Kier molecular flexibility index (Phi) is 7.73. The minimum absolute atomic E-state index is 0.107. The van der Waals surface area contributed by atoms with E-state index >= 15 is 0 Å². The van der Waals surface area contributed by atoms with Crippen molar-refractivity contribution in [3.63, 3.8) is 0 Å². The monoisotopic (exact) mass is 319 g/mol. The molecule has 1 aromatic carbocycles. The molecule has 112 valence electrons. The third kappa shape index (κ3) is 6.46. The Labute approximate surface area is 129 Å². The van der Waals surface area contributed by atoms with Gasteiger partial charge in [-0.05, 0) is 31.5 Å². The van der Waals surface area contributed by atoms with E-state index in [0.29, 0.717) is 30.3 Å². The number of ether oxygens (including phenoxy) is 2. The summed E-state index contributed by atoms with van der Waals surface area (Å²) in [5.74, 6) is 0.376. The maximum absolute atomic E-state index is 11.8. The van der Waals surface area contributed by atoms with Gasteiger partial charge in [-0.25, -0.2) is 0 Å². The van der Waals surface area contributed by atoms with E-state index in [4.69, 9.17) is 32.7 Å². The molecule has 6 heteroatoms. The molecule has 0 saturated heterocycles. The number of methoxy groups -OCH3 is 1. The lowest BCUT2D eigenvalue weighted by atomic mass is 10.3. The van der Waals surface area contributed by atoms with Crippen LogP contribution in [0.1, 0.15) is 13.3 Å². The van der Waals surface area contributed by atoms with Gasteiger partial charge in [-0.1, -0.05) is 17.7 Å². The van der Waals surface area contributed by atoms with Crippen molar-refractivity contribution in [1.82, 2.24) is 5.32 Å². The molecule has 1 amide bonds. The SMILES string of the molecule is COCC(Cl)CCNC(=O)C(C)Oc1cccc(Cl)c1. The fourth-order valence-electron chi connectivity index (χ4n) is 1.56. The standard InChI is InChI=1S/C14H19Cl2NO3/c1-10(20-13-5-3-4-11(15)8-13)14(18)17-7-6-12(16)9-19-2/h3-5,8,10,12H,6-7,9H2,1-2H3,(H,17,18). The van der Waals surface area contributed by atoms with Crippen molar-refractivity contribution < 1.29 is 14.3 Å². The van der Waals surface area contributed by atoms with Crippen molar-refractivity contribution >= 4 is 29.1 Å². The fourth-order valence-corrected chi connectivity index (χ4v) is 1.97. The van der Waals surface area contributed by atoms with Crippen LogP contribution in [0.25, 0.3) is 0 Å². The highest BCUT2D eigenvalue weighted by molar-refractivity contribution is 6.30. The van der Waals surface area contributed by atoms with Gasteiger partial charge in [0.15, 0.2) is 6.10 Å². The van der Waals surface area contributed by atoms with Crippen molar-refractivity contribution in [2.45, 2.75) is 24.8 Å². The molecule has 1 aromatic rings. The molecule has 0 aliphatic carbocycles. The van der Waals surface area contributed by atoms with Gasteiger partial charge >= 0.3 is 0 Å². The van der Waals surface area contributed by atoms with Gasteiger partial charge < -0.3 is 14.8 Å².